The number of hydrogen-bond acceptors (Lipinski definition) is 4. The van der Waals surface area contributed by atoms with E-state index in [1.165, 1.54) is 6.08 Å². The van der Waals surface area contributed by atoms with Gasteiger partial charge in [0, 0.05) is 36.6 Å². The van der Waals surface area contributed by atoms with Gasteiger partial charge in [-0.15, -0.1) is 0 Å². The molecule has 21 heavy (non-hydrogen) atoms. The maximum absolute atomic E-state index is 10.5. The van der Waals surface area contributed by atoms with E-state index >= 15 is 0 Å². The van der Waals surface area contributed by atoms with Crippen LogP contribution >= 0.6 is 0 Å². The first-order valence-corrected chi connectivity index (χ1v) is 7.47. The van der Waals surface area contributed by atoms with Gasteiger partial charge in [-0.1, -0.05) is 27.7 Å². The average Bonchev–Trinajstić information content (AvgIpc) is 2.45. The number of aromatic nitrogens is 2. The highest BCUT2D eigenvalue weighted by Gasteiger charge is 2.19. The van der Waals surface area contributed by atoms with Crippen LogP contribution in [0.3, 0.4) is 0 Å². The van der Waals surface area contributed by atoms with Crippen molar-refractivity contribution in [1.82, 2.24) is 9.97 Å². The molecule has 1 aromatic heterocycles. The van der Waals surface area contributed by atoms with Gasteiger partial charge in [0.15, 0.2) is 0 Å². The summed E-state index contributed by atoms with van der Waals surface area (Å²) in [7, 11) is 0. The van der Waals surface area contributed by atoms with Gasteiger partial charge < -0.3 is 10.0 Å². The van der Waals surface area contributed by atoms with E-state index < -0.39 is 5.97 Å². The first-order chi connectivity index (χ1) is 9.97. The van der Waals surface area contributed by atoms with Crippen LogP contribution in [0.5, 0.6) is 0 Å². The Bertz CT molecular complexity index is 465. The molecular weight excluding hydrogens is 266 g/mol. The molecule has 0 aromatic carbocycles. The van der Waals surface area contributed by atoms with Gasteiger partial charge in [-0.3, -0.25) is 0 Å². The number of hydrogen-bond donors (Lipinski definition) is 1. The lowest BCUT2D eigenvalue weighted by Gasteiger charge is -2.32. The number of carboxylic acids is 1. The maximum atomic E-state index is 10.5. The summed E-state index contributed by atoms with van der Waals surface area (Å²) in [5, 5.41) is 8.62. The summed E-state index contributed by atoms with van der Waals surface area (Å²) in [4.78, 5) is 21.5. The molecule has 0 aliphatic heterocycles. The lowest BCUT2D eigenvalue weighted by molar-refractivity contribution is -0.131. The zero-order chi connectivity index (χ0) is 15.8. The van der Waals surface area contributed by atoms with E-state index in [-0.39, 0.29) is 0 Å². The Morgan fingerprint density at radius 1 is 1.29 bits per heavy atom. The van der Waals surface area contributed by atoms with Gasteiger partial charge in [0.1, 0.15) is 0 Å². The van der Waals surface area contributed by atoms with Crippen LogP contribution in [-0.2, 0) is 4.79 Å². The zero-order valence-electron chi connectivity index (χ0n) is 13.3. The Morgan fingerprint density at radius 2 is 1.86 bits per heavy atom. The molecule has 5 heteroatoms. The van der Waals surface area contributed by atoms with Crippen LogP contribution in [0.1, 0.15) is 46.1 Å². The average molecular weight is 291 g/mol. The van der Waals surface area contributed by atoms with Crippen molar-refractivity contribution in [2.45, 2.75) is 46.6 Å². The molecule has 5 nitrogen and oxygen atoms in total. The molecule has 0 bridgehead atoms. The van der Waals surface area contributed by atoms with Crippen molar-refractivity contribution in [1.29, 1.82) is 0 Å². The Labute approximate surface area is 126 Å². The predicted molar refractivity (Wildman–Crippen MR) is 85.3 cm³/mol. The van der Waals surface area contributed by atoms with Crippen molar-refractivity contribution in [2.75, 3.05) is 11.4 Å². The van der Waals surface area contributed by atoms with Crippen LogP contribution in [-0.4, -0.2) is 33.6 Å². The largest absolute Gasteiger partial charge is 0.478 e. The van der Waals surface area contributed by atoms with Crippen molar-refractivity contribution in [3.8, 4) is 0 Å². The highest BCUT2D eigenvalue weighted by molar-refractivity contribution is 5.85. The normalized spacial score (nSPS) is 11.5. The Morgan fingerprint density at radius 3 is 2.29 bits per heavy atom. The highest BCUT2D eigenvalue weighted by atomic mass is 16.4. The minimum atomic E-state index is -0.974. The summed E-state index contributed by atoms with van der Waals surface area (Å²) in [5.74, 6) is 0.267. The molecule has 0 aliphatic rings. The summed E-state index contributed by atoms with van der Waals surface area (Å²) in [6, 6.07) is 0.424. The standard InChI is InChI=1S/C16H25N3O2/c1-5-14(6-2)19(11-12(3)4)16-17-9-13(10-18-16)7-8-15(20)21/h7-10,12,14H,5-6,11H2,1-4H3,(H,20,21)/b8-7+. The van der Waals surface area contributed by atoms with E-state index in [9.17, 15) is 4.79 Å². The fourth-order valence-corrected chi connectivity index (χ4v) is 2.25. The number of carbonyl (C=O) groups is 1. The summed E-state index contributed by atoms with van der Waals surface area (Å²) < 4.78 is 0. The molecule has 116 valence electrons. The number of anilines is 1. The van der Waals surface area contributed by atoms with Gasteiger partial charge in [-0.05, 0) is 24.8 Å². The molecule has 0 radical (unpaired) electrons. The SMILES string of the molecule is CCC(CC)N(CC(C)C)c1ncc(/C=C/C(=O)O)cn1. The molecule has 0 unspecified atom stereocenters. The molecule has 0 spiro atoms. The minimum Gasteiger partial charge on any atom is -0.478 e. The van der Waals surface area contributed by atoms with Crippen molar-refractivity contribution >= 4 is 18.0 Å². The van der Waals surface area contributed by atoms with Gasteiger partial charge >= 0.3 is 5.97 Å². The summed E-state index contributed by atoms with van der Waals surface area (Å²) >= 11 is 0. The summed E-state index contributed by atoms with van der Waals surface area (Å²) in [6.07, 6.45) is 8.01. The molecular formula is C16H25N3O2. The zero-order valence-corrected chi connectivity index (χ0v) is 13.3. The number of nitrogens with zero attached hydrogens (tertiary/aromatic N) is 3. The highest BCUT2D eigenvalue weighted by Crippen LogP contribution is 2.18. The third-order valence-corrected chi connectivity index (χ3v) is 3.28. The van der Waals surface area contributed by atoms with E-state index in [4.69, 9.17) is 5.11 Å². The lowest BCUT2D eigenvalue weighted by Crippen LogP contribution is -2.38. The van der Waals surface area contributed by atoms with E-state index in [0.29, 0.717) is 23.5 Å². The second kappa shape index (κ2) is 8.39. The van der Waals surface area contributed by atoms with E-state index in [0.717, 1.165) is 25.5 Å². The van der Waals surface area contributed by atoms with Gasteiger partial charge in [-0.2, -0.15) is 0 Å². The van der Waals surface area contributed by atoms with Crippen LogP contribution in [0.25, 0.3) is 6.08 Å². The van der Waals surface area contributed by atoms with Crippen LogP contribution in [0.15, 0.2) is 18.5 Å². The van der Waals surface area contributed by atoms with Gasteiger partial charge in [0.25, 0.3) is 0 Å². The Kier molecular flexibility index (Phi) is 6.85. The van der Waals surface area contributed by atoms with Gasteiger partial charge in [-0.25, -0.2) is 14.8 Å². The lowest BCUT2D eigenvalue weighted by atomic mass is 10.1. The fraction of sp³-hybridized carbons (Fsp3) is 0.562. The molecule has 1 aromatic rings. The molecule has 0 aliphatic carbocycles. The molecule has 0 amide bonds. The molecule has 0 fully saturated rings. The predicted octanol–water partition coefficient (Wildman–Crippen LogP) is 3.23. The van der Waals surface area contributed by atoms with Crippen molar-refractivity contribution < 1.29 is 9.90 Å². The third-order valence-electron chi connectivity index (χ3n) is 3.28. The molecule has 0 saturated carbocycles. The van der Waals surface area contributed by atoms with Gasteiger partial charge in [0.2, 0.25) is 5.95 Å². The number of carboxylic acid groups (broad SMARTS) is 1. The number of rotatable bonds is 8. The first-order valence-electron chi connectivity index (χ1n) is 7.47. The second-order valence-electron chi connectivity index (χ2n) is 5.50. The third kappa shape index (κ3) is 5.53. The second-order valence-corrected chi connectivity index (χ2v) is 5.50. The van der Waals surface area contributed by atoms with Crippen molar-refractivity contribution in [3.63, 3.8) is 0 Å². The fourth-order valence-electron chi connectivity index (χ4n) is 2.25. The quantitative estimate of drug-likeness (QED) is 0.745. The van der Waals surface area contributed by atoms with E-state index in [1.54, 1.807) is 12.4 Å². The molecule has 1 rings (SSSR count). The minimum absolute atomic E-state index is 0.424. The van der Waals surface area contributed by atoms with Crippen LogP contribution in [0, 0.1) is 5.92 Å². The summed E-state index contributed by atoms with van der Waals surface area (Å²) in [6.45, 7) is 9.62. The van der Waals surface area contributed by atoms with Crippen molar-refractivity contribution in [2.24, 2.45) is 5.92 Å². The maximum Gasteiger partial charge on any atom is 0.328 e. The molecule has 0 atom stereocenters. The van der Waals surface area contributed by atoms with Crippen LogP contribution in [0.4, 0.5) is 5.95 Å². The summed E-state index contributed by atoms with van der Waals surface area (Å²) in [5.41, 5.74) is 0.690. The monoisotopic (exact) mass is 291 g/mol. The molecule has 0 saturated heterocycles. The smallest absolute Gasteiger partial charge is 0.328 e. The molecule has 1 N–H and O–H groups in total. The van der Waals surface area contributed by atoms with E-state index in [1.807, 2.05) is 0 Å². The topological polar surface area (TPSA) is 66.3 Å². The number of aliphatic carboxylic acids is 1. The van der Waals surface area contributed by atoms with Crippen LogP contribution in [0.2, 0.25) is 0 Å². The van der Waals surface area contributed by atoms with Gasteiger partial charge in [0.05, 0.1) is 0 Å². The van der Waals surface area contributed by atoms with Crippen LogP contribution < -0.4 is 4.90 Å². The van der Waals surface area contributed by atoms with E-state index in [2.05, 4.69) is 42.6 Å². The Hall–Kier alpha value is -1.91. The Balaban J connectivity index is 2.95. The molecule has 1 heterocycles. The first kappa shape index (κ1) is 17.1. The van der Waals surface area contributed by atoms with Crippen molar-refractivity contribution in [3.05, 3.63) is 24.0 Å².